The quantitative estimate of drug-likeness (QED) is 0.295. The topological polar surface area (TPSA) is 112 Å². The van der Waals surface area contributed by atoms with E-state index in [1.165, 1.54) is 41.7 Å². The third kappa shape index (κ3) is 4.89. The molecule has 1 unspecified atom stereocenters. The van der Waals surface area contributed by atoms with Crippen LogP contribution in [-0.4, -0.2) is 26.3 Å². The minimum atomic E-state index is -1.55. The van der Waals surface area contributed by atoms with Gasteiger partial charge in [-0.15, -0.1) is 11.3 Å². The van der Waals surface area contributed by atoms with E-state index in [4.69, 9.17) is 10.5 Å². The number of aryl methyl sites for hydroxylation is 1. The average molecular weight is 520 g/mol. The maximum Gasteiger partial charge on any atom is 0.241 e. The third-order valence-corrected chi connectivity index (χ3v) is 6.68. The summed E-state index contributed by atoms with van der Waals surface area (Å²) in [7, 11) is 1.87. The summed E-state index contributed by atoms with van der Waals surface area (Å²) in [5, 5.41) is 2.32. The zero-order valence-corrected chi connectivity index (χ0v) is 20.1. The number of aromatic nitrogens is 3. The van der Waals surface area contributed by atoms with Gasteiger partial charge in [0.2, 0.25) is 11.8 Å². The lowest BCUT2D eigenvalue weighted by atomic mass is 9.97. The van der Waals surface area contributed by atoms with Gasteiger partial charge in [0.05, 0.1) is 32.8 Å². The Morgan fingerprint density at radius 2 is 1.86 bits per heavy atom. The molecule has 3 heterocycles. The number of para-hydroxylation sites is 1. The van der Waals surface area contributed by atoms with Gasteiger partial charge in [-0.1, -0.05) is 18.2 Å². The van der Waals surface area contributed by atoms with Crippen LogP contribution in [0.2, 0.25) is 0 Å². The number of halogens is 2. The lowest BCUT2D eigenvalue weighted by Gasteiger charge is -2.16. The van der Waals surface area contributed by atoms with Gasteiger partial charge in [0, 0.05) is 25.5 Å². The molecule has 0 fully saturated rings. The standard InChI is InChI=1S/C26H19F2N5O3S/c1-33-12-19(31-13-33)22-11-18-24(37-22)21(8-9-30-18)36-20-7-6-14(10-16(20)28)23(25(29)34)26(35)32-17-5-3-2-4-15(17)27/h2-13,23H,1H3,(H2,29,34)(H,32,35). The zero-order chi connectivity index (χ0) is 26.1. The van der Waals surface area contributed by atoms with E-state index in [9.17, 15) is 14.0 Å². The van der Waals surface area contributed by atoms with E-state index in [0.29, 0.717) is 16.0 Å². The predicted octanol–water partition coefficient (Wildman–Crippen LogP) is 4.97. The number of amides is 2. The van der Waals surface area contributed by atoms with Crippen LogP contribution in [0.5, 0.6) is 11.5 Å². The maximum absolute atomic E-state index is 15.1. The molecule has 5 aromatic rings. The molecular formula is C26H19F2N5O3S. The molecule has 0 bridgehead atoms. The number of carbonyl (C=O) groups is 2. The number of imidazole rings is 1. The van der Waals surface area contributed by atoms with E-state index in [0.717, 1.165) is 22.7 Å². The van der Waals surface area contributed by atoms with Crippen LogP contribution >= 0.6 is 11.3 Å². The molecule has 1 atom stereocenters. The fourth-order valence-corrected chi connectivity index (χ4v) is 4.80. The van der Waals surface area contributed by atoms with Crippen molar-refractivity contribution in [2.75, 3.05) is 5.32 Å². The van der Waals surface area contributed by atoms with Crippen LogP contribution in [-0.2, 0) is 16.6 Å². The van der Waals surface area contributed by atoms with Gasteiger partial charge in [-0.2, -0.15) is 0 Å². The molecular weight excluding hydrogens is 500 g/mol. The van der Waals surface area contributed by atoms with Gasteiger partial charge in [-0.3, -0.25) is 14.6 Å². The number of benzene rings is 2. The summed E-state index contributed by atoms with van der Waals surface area (Å²) in [5.41, 5.74) is 6.75. The molecule has 0 aliphatic carbocycles. The fraction of sp³-hybridized carbons (Fsp3) is 0.0769. The number of hydrogen-bond donors (Lipinski definition) is 2. The molecule has 0 aliphatic rings. The first-order valence-electron chi connectivity index (χ1n) is 11.0. The Balaban J connectivity index is 1.41. The molecule has 0 aliphatic heterocycles. The molecule has 3 aromatic heterocycles. The lowest BCUT2D eigenvalue weighted by molar-refractivity contribution is -0.127. The minimum Gasteiger partial charge on any atom is -0.453 e. The van der Waals surface area contributed by atoms with Gasteiger partial charge in [0.15, 0.2) is 11.6 Å². The van der Waals surface area contributed by atoms with Gasteiger partial charge >= 0.3 is 0 Å². The minimum absolute atomic E-state index is 0.000346. The first kappa shape index (κ1) is 24.1. The van der Waals surface area contributed by atoms with Crippen LogP contribution in [0.25, 0.3) is 20.8 Å². The SMILES string of the molecule is Cn1cnc(-c2cc3nccc(Oc4ccc(C(C(N)=O)C(=O)Nc5ccccc5F)cc4F)c3s2)c1. The third-order valence-electron chi connectivity index (χ3n) is 5.52. The summed E-state index contributed by atoms with van der Waals surface area (Å²) in [4.78, 5) is 34.4. The number of hydrogen-bond acceptors (Lipinski definition) is 6. The highest BCUT2D eigenvalue weighted by atomic mass is 32.1. The second-order valence-corrected chi connectivity index (χ2v) is 9.21. The van der Waals surface area contributed by atoms with Gasteiger partial charge in [-0.05, 0) is 35.9 Å². The molecule has 186 valence electrons. The summed E-state index contributed by atoms with van der Waals surface area (Å²) in [6.07, 6.45) is 5.12. The van der Waals surface area contributed by atoms with Crippen LogP contribution in [0.4, 0.5) is 14.5 Å². The van der Waals surface area contributed by atoms with E-state index >= 15 is 4.39 Å². The predicted molar refractivity (Wildman–Crippen MR) is 135 cm³/mol. The highest BCUT2D eigenvalue weighted by Crippen LogP contribution is 2.39. The second kappa shape index (κ2) is 9.78. The van der Waals surface area contributed by atoms with Crippen molar-refractivity contribution in [3.05, 3.63) is 90.5 Å². The lowest BCUT2D eigenvalue weighted by Crippen LogP contribution is -2.32. The normalized spacial score (nSPS) is 11.9. The Labute approximate surface area is 213 Å². The van der Waals surface area contributed by atoms with Crippen molar-refractivity contribution in [3.63, 3.8) is 0 Å². The van der Waals surface area contributed by atoms with Crippen molar-refractivity contribution in [2.24, 2.45) is 12.8 Å². The van der Waals surface area contributed by atoms with Gasteiger partial charge in [0.1, 0.15) is 17.5 Å². The number of nitrogens with one attached hydrogen (secondary N) is 1. The molecule has 2 amide bonds. The Hall–Kier alpha value is -4.64. The number of fused-ring (bicyclic) bond motifs is 1. The number of primary amides is 1. The maximum atomic E-state index is 15.1. The number of carbonyl (C=O) groups excluding carboxylic acids is 2. The number of ether oxygens (including phenoxy) is 1. The van der Waals surface area contributed by atoms with Crippen molar-refractivity contribution >= 4 is 39.1 Å². The average Bonchev–Trinajstić information content (AvgIpc) is 3.49. The monoisotopic (exact) mass is 519 g/mol. The number of pyridine rings is 1. The van der Waals surface area contributed by atoms with E-state index in [1.54, 1.807) is 18.6 Å². The first-order chi connectivity index (χ1) is 17.8. The highest BCUT2D eigenvalue weighted by molar-refractivity contribution is 7.22. The number of thiophene rings is 1. The van der Waals surface area contributed by atoms with E-state index in [2.05, 4.69) is 15.3 Å². The summed E-state index contributed by atoms with van der Waals surface area (Å²) in [6, 6.07) is 12.6. The van der Waals surface area contributed by atoms with E-state index in [-0.39, 0.29) is 17.0 Å². The Morgan fingerprint density at radius 3 is 2.57 bits per heavy atom. The van der Waals surface area contributed by atoms with Crippen LogP contribution < -0.4 is 15.8 Å². The van der Waals surface area contributed by atoms with Crippen molar-refractivity contribution in [1.82, 2.24) is 14.5 Å². The van der Waals surface area contributed by atoms with Crippen molar-refractivity contribution in [1.29, 1.82) is 0 Å². The molecule has 0 radical (unpaired) electrons. The van der Waals surface area contributed by atoms with Crippen molar-refractivity contribution in [2.45, 2.75) is 5.92 Å². The first-order valence-corrected chi connectivity index (χ1v) is 11.8. The molecule has 0 saturated heterocycles. The van der Waals surface area contributed by atoms with Crippen LogP contribution in [0.1, 0.15) is 11.5 Å². The molecule has 5 rings (SSSR count). The summed E-state index contributed by atoms with van der Waals surface area (Å²) in [5.74, 6) is -4.68. The van der Waals surface area contributed by atoms with Crippen LogP contribution in [0.3, 0.4) is 0 Å². The molecule has 0 saturated carbocycles. The smallest absolute Gasteiger partial charge is 0.241 e. The number of rotatable bonds is 7. The Bertz CT molecular complexity index is 1650. The number of nitrogens with two attached hydrogens (primary N) is 1. The molecule has 37 heavy (non-hydrogen) atoms. The van der Waals surface area contributed by atoms with Crippen molar-refractivity contribution < 1.29 is 23.1 Å². The zero-order valence-electron chi connectivity index (χ0n) is 19.3. The highest BCUT2D eigenvalue weighted by Gasteiger charge is 2.28. The summed E-state index contributed by atoms with van der Waals surface area (Å²) < 4.78 is 37.4. The molecule has 0 spiro atoms. The fourth-order valence-electron chi connectivity index (χ4n) is 3.77. The molecule has 2 aromatic carbocycles. The Kier molecular flexibility index (Phi) is 6.36. The van der Waals surface area contributed by atoms with Gasteiger partial charge in [-0.25, -0.2) is 13.8 Å². The van der Waals surface area contributed by atoms with Crippen LogP contribution in [0.15, 0.2) is 73.3 Å². The van der Waals surface area contributed by atoms with Gasteiger partial charge < -0.3 is 20.4 Å². The van der Waals surface area contributed by atoms with E-state index in [1.807, 2.05) is 23.9 Å². The number of nitrogens with zero attached hydrogens (tertiary/aromatic N) is 3. The molecule has 3 N–H and O–H groups in total. The number of anilines is 1. The summed E-state index contributed by atoms with van der Waals surface area (Å²) in [6.45, 7) is 0. The molecule has 11 heteroatoms. The van der Waals surface area contributed by atoms with E-state index < -0.39 is 29.4 Å². The van der Waals surface area contributed by atoms with Crippen molar-refractivity contribution in [3.8, 4) is 22.1 Å². The largest absolute Gasteiger partial charge is 0.453 e. The summed E-state index contributed by atoms with van der Waals surface area (Å²) >= 11 is 1.40. The van der Waals surface area contributed by atoms with Crippen LogP contribution in [0, 0.1) is 11.6 Å². The second-order valence-electron chi connectivity index (χ2n) is 8.15. The van der Waals surface area contributed by atoms with Gasteiger partial charge in [0.25, 0.3) is 0 Å². The molecule has 8 nitrogen and oxygen atoms in total. The Morgan fingerprint density at radius 1 is 1.05 bits per heavy atom.